The molecule has 0 radical (unpaired) electrons. The molecule has 4 saturated carbocycles. The second kappa shape index (κ2) is 8.43. The van der Waals surface area contributed by atoms with E-state index in [1.807, 2.05) is 0 Å². The highest BCUT2D eigenvalue weighted by Gasteiger charge is 2.67. The van der Waals surface area contributed by atoms with Crippen LogP contribution in [0.4, 0.5) is 0 Å². The first kappa shape index (κ1) is 23.5. The molecule has 0 unspecified atom stereocenters. The number of hydrogen-bond acceptors (Lipinski definition) is 5. The van der Waals surface area contributed by atoms with Crippen LogP contribution in [0.25, 0.3) is 0 Å². The Hall–Kier alpha value is -2.12. The smallest absolute Gasteiger partial charge is 0.305 e. The van der Waals surface area contributed by atoms with E-state index in [4.69, 9.17) is 4.74 Å². The van der Waals surface area contributed by atoms with E-state index in [2.05, 4.69) is 0 Å². The Bertz CT molecular complexity index is 665. The molecule has 4 fully saturated rings. The number of ether oxygens (including phenoxy) is 1. The maximum Gasteiger partial charge on any atom is 0.305 e. The van der Waals surface area contributed by atoms with E-state index in [0.29, 0.717) is 25.7 Å². The summed E-state index contributed by atoms with van der Waals surface area (Å²) in [5.41, 5.74) is -0.904. The molecular formula is C23H34O8. The molecule has 4 rings (SSSR count). The van der Waals surface area contributed by atoms with Crippen molar-refractivity contribution in [2.24, 2.45) is 21.7 Å². The van der Waals surface area contributed by atoms with Crippen LogP contribution in [0.2, 0.25) is 0 Å². The van der Waals surface area contributed by atoms with Crippen molar-refractivity contribution in [2.45, 2.75) is 89.9 Å². The number of carboxylic acids is 3. The van der Waals surface area contributed by atoms with Crippen molar-refractivity contribution in [1.29, 1.82) is 0 Å². The zero-order valence-electron chi connectivity index (χ0n) is 18.3. The highest BCUT2D eigenvalue weighted by atomic mass is 16.5. The molecule has 4 aliphatic carbocycles. The lowest BCUT2D eigenvalue weighted by atomic mass is 9.33. The minimum Gasteiger partial charge on any atom is -0.481 e. The largest absolute Gasteiger partial charge is 0.481 e. The lowest BCUT2D eigenvalue weighted by molar-refractivity contribution is -0.214. The van der Waals surface area contributed by atoms with Crippen molar-refractivity contribution in [3.63, 3.8) is 0 Å². The summed E-state index contributed by atoms with van der Waals surface area (Å²) in [6.45, 7) is 0. The molecule has 0 amide bonds. The summed E-state index contributed by atoms with van der Waals surface area (Å²) in [5.74, 6) is -2.83. The Kier molecular flexibility index (Phi) is 6.40. The van der Waals surface area contributed by atoms with Crippen molar-refractivity contribution in [3.05, 3.63) is 0 Å². The van der Waals surface area contributed by atoms with Crippen molar-refractivity contribution < 1.29 is 39.2 Å². The molecule has 8 nitrogen and oxygen atoms in total. The number of carbonyl (C=O) groups excluding carboxylic acids is 1. The molecule has 0 spiro atoms. The fraction of sp³-hybridized carbons (Fsp3) is 0.826. The molecule has 4 bridgehead atoms. The highest BCUT2D eigenvalue weighted by molar-refractivity contribution is 5.69. The molecule has 31 heavy (non-hydrogen) atoms. The quantitative estimate of drug-likeness (QED) is 0.390. The van der Waals surface area contributed by atoms with Crippen LogP contribution in [0.15, 0.2) is 0 Å². The van der Waals surface area contributed by atoms with Gasteiger partial charge in [0.15, 0.2) is 0 Å². The van der Waals surface area contributed by atoms with Crippen LogP contribution in [0.3, 0.4) is 0 Å². The van der Waals surface area contributed by atoms with E-state index in [9.17, 15) is 34.5 Å². The zero-order chi connectivity index (χ0) is 22.9. The summed E-state index contributed by atoms with van der Waals surface area (Å²) in [4.78, 5) is 46.1. The lowest BCUT2D eigenvalue weighted by Gasteiger charge is -2.71. The van der Waals surface area contributed by atoms with E-state index < -0.39 is 17.9 Å². The van der Waals surface area contributed by atoms with E-state index in [1.165, 1.54) is 7.11 Å². The molecular weight excluding hydrogens is 404 g/mol. The van der Waals surface area contributed by atoms with Crippen LogP contribution in [-0.2, 0) is 23.9 Å². The summed E-state index contributed by atoms with van der Waals surface area (Å²) in [6, 6.07) is 0. The number of aliphatic carboxylic acids is 3. The first-order valence-electron chi connectivity index (χ1n) is 11.2. The van der Waals surface area contributed by atoms with Gasteiger partial charge in [0.25, 0.3) is 0 Å². The van der Waals surface area contributed by atoms with Gasteiger partial charge < -0.3 is 20.1 Å². The van der Waals surface area contributed by atoms with E-state index in [0.717, 1.165) is 38.5 Å². The third-order valence-electron chi connectivity index (χ3n) is 8.19. The maximum absolute atomic E-state index is 11.9. The van der Waals surface area contributed by atoms with E-state index >= 15 is 0 Å². The molecule has 174 valence electrons. The number of esters is 1. The molecule has 3 N–H and O–H groups in total. The van der Waals surface area contributed by atoms with Gasteiger partial charge in [0.05, 0.1) is 7.11 Å². The monoisotopic (exact) mass is 438 g/mol. The van der Waals surface area contributed by atoms with Crippen molar-refractivity contribution >= 4 is 23.9 Å². The third kappa shape index (κ3) is 5.21. The molecule has 0 aliphatic heterocycles. The average Bonchev–Trinajstić information content (AvgIpc) is 2.67. The van der Waals surface area contributed by atoms with Crippen molar-refractivity contribution in [3.8, 4) is 0 Å². The number of methoxy groups -OCH3 is 1. The minimum atomic E-state index is -0.849. The van der Waals surface area contributed by atoms with Crippen LogP contribution in [-0.4, -0.2) is 46.3 Å². The maximum atomic E-state index is 11.9. The van der Waals surface area contributed by atoms with Crippen molar-refractivity contribution in [1.82, 2.24) is 0 Å². The lowest BCUT2D eigenvalue weighted by Crippen LogP contribution is -2.61. The highest BCUT2D eigenvalue weighted by Crippen LogP contribution is 2.77. The number of carboxylic acid groups (broad SMARTS) is 3. The number of hydrogen-bond donors (Lipinski definition) is 3. The molecule has 0 aromatic heterocycles. The van der Waals surface area contributed by atoms with Crippen LogP contribution in [0, 0.1) is 21.7 Å². The summed E-state index contributed by atoms with van der Waals surface area (Å²) in [6.07, 6.45) is 7.50. The van der Waals surface area contributed by atoms with Crippen LogP contribution >= 0.6 is 0 Å². The summed E-state index contributed by atoms with van der Waals surface area (Å²) < 4.78 is 4.85. The molecule has 4 aliphatic rings. The van der Waals surface area contributed by atoms with Gasteiger partial charge in [0.1, 0.15) is 0 Å². The zero-order valence-corrected chi connectivity index (χ0v) is 18.3. The summed E-state index contributed by atoms with van der Waals surface area (Å²) >= 11 is 0. The minimum absolute atomic E-state index is 0.0527. The first-order valence-corrected chi connectivity index (χ1v) is 11.2. The van der Waals surface area contributed by atoms with E-state index in [1.54, 1.807) is 0 Å². The third-order valence-corrected chi connectivity index (χ3v) is 8.19. The van der Waals surface area contributed by atoms with Gasteiger partial charge in [-0.3, -0.25) is 19.2 Å². The van der Waals surface area contributed by atoms with Gasteiger partial charge in [-0.05, 0) is 85.9 Å². The fourth-order valence-electron chi connectivity index (χ4n) is 8.17. The van der Waals surface area contributed by atoms with Crippen LogP contribution in [0.5, 0.6) is 0 Å². The Morgan fingerprint density at radius 1 is 0.581 bits per heavy atom. The predicted molar refractivity (Wildman–Crippen MR) is 109 cm³/mol. The fourth-order valence-corrected chi connectivity index (χ4v) is 8.17. The average molecular weight is 439 g/mol. The van der Waals surface area contributed by atoms with Gasteiger partial charge in [0.2, 0.25) is 0 Å². The molecule has 0 aromatic carbocycles. The first-order chi connectivity index (χ1) is 14.4. The van der Waals surface area contributed by atoms with Gasteiger partial charge in [-0.25, -0.2) is 0 Å². The van der Waals surface area contributed by atoms with Gasteiger partial charge in [-0.2, -0.15) is 0 Å². The second-order valence-corrected chi connectivity index (χ2v) is 10.8. The van der Waals surface area contributed by atoms with Crippen LogP contribution in [0.1, 0.15) is 89.9 Å². The predicted octanol–water partition coefficient (Wildman–Crippen LogP) is 3.86. The molecule has 8 heteroatoms. The van der Waals surface area contributed by atoms with Gasteiger partial charge in [0, 0.05) is 25.7 Å². The Balaban J connectivity index is 1.97. The second-order valence-electron chi connectivity index (χ2n) is 10.8. The Morgan fingerprint density at radius 3 is 1.06 bits per heavy atom. The Morgan fingerprint density at radius 2 is 0.839 bits per heavy atom. The van der Waals surface area contributed by atoms with Gasteiger partial charge in [-0.15, -0.1) is 0 Å². The molecule has 0 saturated heterocycles. The van der Waals surface area contributed by atoms with Crippen LogP contribution < -0.4 is 0 Å². The van der Waals surface area contributed by atoms with Crippen molar-refractivity contribution in [2.75, 3.05) is 7.11 Å². The van der Waals surface area contributed by atoms with Gasteiger partial charge >= 0.3 is 23.9 Å². The molecule has 0 heterocycles. The number of carbonyl (C=O) groups is 4. The standard InChI is InChI=1S/C23H34O8/c1-31-19(30)5-9-23-13-20(6-2-16(24)25)10-21(14-23,7-3-17(26)27)12-22(11-20,15-23)8-4-18(28)29/h2-15H2,1H3,(H,24,25)(H,26,27)(H,28,29). The molecule has 0 atom stereocenters. The Labute approximate surface area is 182 Å². The summed E-state index contributed by atoms with van der Waals surface area (Å²) in [7, 11) is 1.36. The van der Waals surface area contributed by atoms with E-state index in [-0.39, 0.29) is 53.3 Å². The SMILES string of the molecule is COC(=O)CCC12CC3(CCC(=O)O)CC(CCC(=O)O)(CC(CCC(=O)O)(C3)C1)C2. The van der Waals surface area contributed by atoms with Gasteiger partial charge in [-0.1, -0.05) is 0 Å². The topological polar surface area (TPSA) is 138 Å². The molecule has 0 aromatic rings. The summed E-state index contributed by atoms with van der Waals surface area (Å²) in [5, 5.41) is 28.1. The normalized spacial score (nSPS) is 35.6. The number of rotatable bonds is 12.